The van der Waals surface area contributed by atoms with Crippen LogP contribution < -0.4 is 4.74 Å². The smallest absolute Gasteiger partial charge is 0.268 e. The highest BCUT2D eigenvalue weighted by Gasteiger charge is 2.34. The molecule has 1 unspecified atom stereocenters. The SMILES string of the molecule is COc1ccc2c(c1)cc(C(OCc1ccccc1)c1cc3ccccc3n1S(=O)(=O)c1ccccc1)n2S(=O)(=O)c1ccccc1. The van der Waals surface area contributed by atoms with Crippen LogP contribution in [0.4, 0.5) is 0 Å². The zero-order chi connectivity index (χ0) is 32.6. The average Bonchev–Trinajstić information content (AvgIpc) is 3.69. The first-order valence-electron chi connectivity index (χ1n) is 14.9. The number of hydrogen-bond donors (Lipinski definition) is 0. The van der Waals surface area contributed by atoms with Crippen molar-refractivity contribution in [3.05, 3.63) is 163 Å². The lowest BCUT2D eigenvalue weighted by Gasteiger charge is -2.23. The van der Waals surface area contributed by atoms with E-state index in [1.807, 2.05) is 42.5 Å². The van der Waals surface area contributed by atoms with Crippen LogP contribution in [0.15, 0.2) is 155 Å². The zero-order valence-corrected chi connectivity index (χ0v) is 26.9. The quantitative estimate of drug-likeness (QED) is 0.152. The predicted octanol–water partition coefficient (Wildman–Crippen LogP) is 7.38. The number of aromatic nitrogens is 2. The molecule has 0 radical (unpaired) electrons. The van der Waals surface area contributed by atoms with Gasteiger partial charge in [-0.05, 0) is 66.2 Å². The number of hydrogen-bond acceptors (Lipinski definition) is 6. The molecule has 0 bridgehead atoms. The van der Waals surface area contributed by atoms with Gasteiger partial charge in [0.2, 0.25) is 0 Å². The van der Waals surface area contributed by atoms with Gasteiger partial charge in [-0.2, -0.15) is 0 Å². The predicted molar refractivity (Wildman–Crippen MR) is 182 cm³/mol. The van der Waals surface area contributed by atoms with Gasteiger partial charge in [-0.1, -0.05) is 84.9 Å². The summed E-state index contributed by atoms with van der Waals surface area (Å²) in [7, 11) is -6.83. The lowest BCUT2D eigenvalue weighted by molar-refractivity contribution is 0.0607. The van der Waals surface area contributed by atoms with Gasteiger partial charge in [0.25, 0.3) is 20.0 Å². The molecule has 0 fully saturated rings. The van der Waals surface area contributed by atoms with Gasteiger partial charge in [-0.25, -0.2) is 24.8 Å². The van der Waals surface area contributed by atoms with E-state index in [2.05, 4.69) is 0 Å². The molecule has 0 N–H and O–H groups in total. The highest BCUT2D eigenvalue weighted by molar-refractivity contribution is 7.90. The van der Waals surface area contributed by atoms with Crippen LogP contribution in [0.3, 0.4) is 0 Å². The largest absolute Gasteiger partial charge is 0.497 e. The Morgan fingerprint density at radius 3 is 1.62 bits per heavy atom. The lowest BCUT2D eigenvalue weighted by Crippen LogP contribution is -2.23. The van der Waals surface area contributed by atoms with Crippen molar-refractivity contribution in [2.24, 2.45) is 0 Å². The van der Waals surface area contributed by atoms with Crippen molar-refractivity contribution < 1.29 is 26.3 Å². The molecule has 5 aromatic carbocycles. The van der Waals surface area contributed by atoms with Crippen LogP contribution in [-0.4, -0.2) is 31.9 Å². The van der Waals surface area contributed by atoms with Gasteiger partial charge >= 0.3 is 0 Å². The van der Waals surface area contributed by atoms with Crippen LogP contribution in [0.1, 0.15) is 23.1 Å². The van der Waals surface area contributed by atoms with E-state index in [-0.39, 0.29) is 27.8 Å². The Labute approximate surface area is 273 Å². The van der Waals surface area contributed by atoms with Crippen molar-refractivity contribution >= 4 is 41.9 Å². The van der Waals surface area contributed by atoms with Crippen LogP contribution in [0, 0.1) is 0 Å². The molecule has 47 heavy (non-hydrogen) atoms. The Morgan fingerprint density at radius 2 is 1.04 bits per heavy atom. The van der Waals surface area contributed by atoms with Gasteiger partial charge in [0, 0.05) is 10.8 Å². The Morgan fingerprint density at radius 1 is 0.553 bits per heavy atom. The van der Waals surface area contributed by atoms with E-state index in [1.165, 1.54) is 32.2 Å². The molecule has 7 rings (SSSR count). The van der Waals surface area contributed by atoms with E-state index >= 15 is 0 Å². The molecule has 0 aliphatic carbocycles. The summed E-state index contributed by atoms with van der Waals surface area (Å²) >= 11 is 0. The first kappa shape index (κ1) is 30.5. The van der Waals surface area contributed by atoms with E-state index < -0.39 is 26.2 Å². The maximum atomic E-state index is 14.5. The van der Waals surface area contributed by atoms with Gasteiger partial charge < -0.3 is 9.47 Å². The summed E-state index contributed by atoms with van der Waals surface area (Å²) in [5.74, 6) is 0.542. The molecule has 0 saturated carbocycles. The fourth-order valence-electron chi connectivity index (χ4n) is 5.84. The van der Waals surface area contributed by atoms with Crippen LogP contribution in [0.2, 0.25) is 0 Å². The van der Waals surface area contributed by atoms with Crippen LogP contribution in [-0.2, 0) is 31.4 Å². The highest BCUT2D eigenvalue weighted by Crippen LogP contribution is 2.39. The summed E-state index contributed by atoms with van der Waals surface area (Å²) < 4.78 is 72.6. The van der Waals surface area contributed by atoms with Crippen molar-refractivity contribution in [3.63, 3.8) is 0 Å². The minimum absolute atomic E-state index is 0.0776. The molecule has 8 nitrogen and oxygen atoms in total. The maximum Gasteiger partial charge on any atom is 0.268 e. The van der Waals surface area contributed by atoms with Gasteiger partial charge in [-0.3, -0.25) is 0 Å². The van der Waals surface area contributed by atoms with E-state index in [0.29, 0.717) is 27.6 Å². The fraction of sp³-hybridized carbons (Fsp3) is 0.0811. The second kappa shape index (κ2) is 12.2. The minimum Gasteiger partial charge on any atom is -0.497 e. The number of fused-ring (bicyclic) bond motifs is 2. The molecule has 1 atom stereocenters. The number of ether oxygens (including phenoxy) is 2. The van der Waals surface area contributed by atoms with Crippen molar-refractivity contribution in [1.29, 1.82) is 0 Å². The summed E-state index contributed by atoms with van der Waals surface area (Å²) in [5, 5.41) is 1.24. The molecule has 10 heteroatoms. The standard InChI is InChI=1S/C37H30N2O6S2/c1-44-30-21-22-34-29(23-30)25-36(39(34)47(42,43)32-18-9-4-10-19-32)37(45-26-27-13-5-2-6-14-27)35-24-28-15-11-12-20-33(28)38(35)46(40,41)31-16-7-3-8-17-31/h2-25,37H,26H2,1H3. The minimum atomic E-state index is -4.20. The Balaban J connectivity index is 1.55. The summed E-state index contributed by atoms with van der Waals surface area (Å²) in [6.45, 7) is 0.0780. The van der Waals surface area contributed by atoms with Crippen molar-refractivity contribution in [2.75, 3.05) is 7.11 Å². The first-order valence-corrected chi connectivity index (χ1v) is 17.7. The van der Waals surface area contributed by atoms with Crippen LogP contribution in [0.5, 0.6) is 5.75 Å². The van der Waals surface area contributed by atoms with Gasteiger partial charge in [0.1, 0.15) is 11.9 Å². The molecule has 7 aromatic rings. The molecule has 0 aliphatic heterocycles. The van der Waals surface area contributed by atoms with Crippen molar-refractivity contribution in [3.8, 4) is 5.75 Å². The number of para-hydroxylation sites is 1. The third-order valence-corrected chi connectivity index (χ3v) is 11.6. The monoisotopic (exact) mass is 662 g/mol. The van der Waals surface area contributed by atoms with E-state index in [9.17, 15) is 16.8 Å². The molecular weight excluding hydrogens is 633 g/mol. The number of nitrogens with zero attached hydrogens (tertiary/aromatic N) is 2. The summed E-state index contributed by atoms with van der Waals surface area (Å²) in [6, 6.07) is 41.5. The second-order valence-corrected chi connectivity index (χ2v) is 14.5. The maximum absolute atomic E-state index is 14.5. The molecule has 236 valence electrons. The Kier molecular flexibility index (Phi) is 7.93. The second-order valence-electron chi connectivity index (χ2n) is 11.0. The Hall–Kier alpha value is -5.16. The first-order chi connectivity index (χ1) is 22.8. The van der Waals surface area contributed by atoms with Crippen LogP contribution >= 0.6 is 0 Å². The third kappa shape index (κ3) is 5.50. The van der Waals surface area contributed by atoms with Gasteiger partial charge in [0.05, 0.1) is 45.9 Å². The fourth-order valence-corrected chi connectivity index (χ4v) is 8.97. The number of benzene rings is 5. The number of rotatable bonds is 10. The summed E-state index contributed by atoms with van der Waals surface area (Å²) in [5.41, 5.74) is 2.16. The topological polar surface area (TPSA) is 96.6 Å². The van der Waals surface area contributed by atoms with Crippen LogP contribution in [0.25, 0.3) is 21.8 Å². The molecule has 2 aromatic heterocycles. The normalized spacial score (nSPS) is 12.8. The lowest BCUT2D eigenvalue weighted by atomic mass is 10.1. The number of methoxy groups -OCH3 is 1. The Bertz CT molecular complexity index is 2420. The van der Waals surface area contributed by atoms with Gasteiger partial charge in [-0.15, -0.1) is 0 Å². The molecule has 0 amide bonds. The average molecular weight is 663 g/mol. The molecule has 0 aliphatic rings. The summed E-state index contributed by atoms with van der Waals surface area (Å²) in [6.07, 6.45) is -1.15. The highest BCUT2D eigenvalue weighted by atomic mass is 32.2. The molecule has 0 spiro atoms. The van der Waals surface area contributed by atoms with E-state index in [4.69, 9.17) is 9.47 Å². The van der Waals surface area contributed by atoms with E-state index in [0.717, 1.165) is 5.56 Å². The molecule has 0 saturated heterocycles. The van der Waals surface area contributed by atoms with E-state index in [1.54, 1.807) is 86.0 Å². The zero-order valence-electron chi connectivity index (χ0n) is 25.3. The van der Waals surface area contributed by atoms with Crippen molar-refractivity contribution in [1.82, 2.24) is 7.94 Å². The third-order valence-electron chi connectivity index (χ3n) is 8.04. The molecular formula is C37H30N2O6S2. The van der Waals surface area contributed by atoms with Gasteiger partial charge in [0.15, 0.2) is 0 Å². The summed E-state index contributed by atoms with van der Waals surface area (Å²) in [4.78, 5) is 0.167. The molecule has 2 heterocycles. The van der Waals surface area contributed by atoms with Crippen molar-refractivity contribution in [2.45, 2.75) is 22.5 Å².